The van der Waals surface area contributed by atoms with Gasteiger partial charge >= 0.3 is 12.2 Å². The molecule has 0 aromatic heterocycles. The molecule has 0 saturated carbocycles. The molecule has 0 fully saturated rings. The molecular weight excluding hydrogens is 792 g/mol. The number of phenolic OH excluding ortho intramolecular Hbond substituents is 2. The van der Waals surface area contributed by atoms with Gasteiger partial charge in [0, 0.05) is 0 Å². The van der Waals surface area contributed by atoms with Gasteiger partial charge in [0.25, 0.3) is 0 Å². The van der Waals surface area contributed by atoms with Crippen LogP contribution in [0.2, 0.25) is 40.2 Å². The molecule has 48 heavy (non-hydrogen) atoms. The summed E-state index contributed by atoms with van der Waals surface area (Å²) in [5.41, 5.74) is -0.0498. The summed E-state index contributed by atoms with van der Waals surface area (Å²) in [5.74, 6) is -0.930. The molecule has 1 unspecified atom stereocenters. The third-order valence-corrected chi connectivity index (χ3v) is 10.9. The number of amides is 2. The first-order valence-electron chi connectivity index (χ1n) is 15.8. The highest BCUT2D eigenvalue weighted by molar-refractivity contribution is 6.52. The largest absolute Gasteiger partial charge is 0.505 e. The Hall–Kier alpha value is -1.10. The first-order chi connectivity index (χ1) is 22.8. The first kappa shape index (κ1) is 43.1. The highest BCUT2D eigenvalue weighted by atomic mass is 35.5. The van der Waals surface area contributed by atoms with Crippen LogP contribution in [-0.4, -0.2) is 35.1 Å². The zero-order chi connectivity index (χ0) is 35.8. The number of aromatic hydroxyl groups is 2. The molecular formula is C32H40Cl8N2O6. The normalized spacial score (nSPS) is 11.8. The van der Waals surface area contributed by atoms with Gasteiger partial charge in [-0.25, -0.2) is 9.59 Å². The number of rotatable bonds is 20. The maximum atomic E-state index is 12.7. The second-order valence-electron chi connectivity index (χ2n) is 11.2. The topological polar surface area (TPSA) is 117 Å². The maximum absolute atomic E-state index is 12.7. The molecule has 2 aromatic rings. The Morgan fingerprint density at radius 1 is 0.542 bits per heavy atom. The number of carbonyl (C=O) groups excluding carboxylic acids is 2. The van der Waals surface area contributed by atoms with Crippen molar-refractivity contribution in [3.05, 3.63) is 40.2 Å². The van der Waals surface area contributed by atoms with Gasteiger partial charge in [0.15, 0.2) is 11.5 Å². The van der Waals surface area contributed by atoms with Gasteiger partial charge in [-0.2, -0.15) is 0 Å². The van der Waals surface area contributed by atoms with Crippen LogP contribution in [0.4, 0.5) is 21.0 Å². The number of halogens is 8. The monoisotopic (exact) mass is 828 g/mol. The quantitative estimate of drug-likeness (QED) is 0.0600. The number of nitrogens with one attached hydrogen (secondary N) is 2. The molecule has 8 nitrogen and oxygen atoms in total. The minimum Gasteiger partial charge on any atom is -0.505 e. The van der Waals surface area contributed by atoms with E-state index in [1.807, 2.05) is 0 Å². The predicted octanol–water partition coefficient (Wildman–Crippen LogP) is 14.4. The molecule has 0 spiro atoms. The van der Waals surface area contributed by atoms with Gasteiger partial charge in [0.2, 0.25) is 0 Å². The molecule has 0 radical (unpaired) electrons. The Morgan fingerprint density at radius 3 is 1.31 bits per heavy atom. The van der Waals surface area contributed by atoms with Crippen molar-refractivity contribution < 1.29 is 29.3 Å². The molecule has 0 heterocycles. The van der Waals surface area contributed by atoms with Gasteiger partial charge in [-0.05, 0) is 32.1 Å². The van der Waals surface area contributed by atoms with E-state index in [2.05, 4.69) is 17.6 Å². The average Bonchev–Trinajstić information content (AvgIpc) is 3.07. The Labute approximate surface area is 321 Å². The molecule has 2 rings (SSSR count). The number of carbonyl (C=O) groups is 2. The van der Waals surface area contributed by atoms with Crippen molar-refractivity contribution in [1.29, 1.82) is 0 Å². The van der Waals surface area contributed by atoms with Crippen molar-refractivity contribution in [2.45, 2.75) is 109 Å². The van der Waals surface area contributed by atoms with Gasteiger partial charge in [0.05, 0.1) is 38.1 Å². The molecule has 0 aliphatic carbocycles. The summed E-state index contributed by atoms with van der Waals surface area (Å²) in [6.45, 7) is 2.36. The molecule has 2 amide bonds. The van der Waals surface area contributed by atoms with Crippen LogP contribution in [0.1, 0.15) is 103 Å². The Bertz CT molecular complexity index is 1320. The van der Waals surface area contributed by atoms with E-state index in [-0.39, 0.29) is 64.3 Å². The molecule has 0 aliphatic rings. The highest BCUT2D eigenvalue weighted by Gasteiger charge is 2.24. The maximum Gasteiger partial charge on any atom is 0.411 e. The van der Waals surface area contributed by atoms with Crippen molar-refractivity contribution >= 4 is 116 Å². The van der Waals surface area contributed by atoms with E-state index in [1.165, 1.54) is 0 Å². The van der Waals surface area contributed by atoms with Gasteiger partial charge < -0.3 is 19.7 Å². The fourth-order valence-corrected chi connectivity index (χ4v) is 6.69. The van der Waals surface area contributed by atoms with Crippen LogP contribution in [0.5, 0.6) is 11.5 Å². The van der Waals surface area contributed by atoms with Crippen LogP contribution >= 0.6 is 92.8 Å². The smallest absolute Gasteiger partial charge is 0.411 e. The van der Waals surface area contributed by atoms with Crippen molar-refractivity contribution in [2.75, 3.05) is 17.2 Å². The Balaban J connectivity index is 1.64. The summed E-state index contributed by atoms with van der Waals surface area (Å²) in [4.78, 5) is 24.9. The number of ether oxygens (including phenoxy) is 2. The van der Waals surface area contributed by atoms with Crippen molar-refractivity contribution in [3.63, 3.8) is 0 Å². The van der Waals surface area contributed by atoms with E-state index in [0.717, 1.165) is 89.9 Å². The molecule has 0 aliphatic heterocycles. The molecule has 1 atom stereocenters. The lowest BCUT2D eigenvalue weighted by Gasteiger charge is -2.19. The van der Waals surface area contributed by atoms with E-state index in [0.29, 0.717) is 6.42 Å². The first-order valence-corrected chi connectivity index (χ1v) is 18.8. The fourth-order valence-electron chi connectivity index (χ4n) is 4.82. The van der Waals surface area contributed by atoms with Crippen LogP contribution in [0.25, 0.3) is 0 Å². The third-order valence-electron chi connectivity index (χ3n) is 7.49. The second kappa shape index (κ2) is 22.7. The number of benzene rings is 2. The van der Waals surface area contributed by atoms with E-state index in [4.69, 9.17) is 102 Å². The minimum absolute atomic E-state index is 0.0169. The average molecular weight is 832 g/mol. The fraction of sp³-hybridized carbons (Fsp3) is 0.562. The van der Waals surface area contributed by atoms with Gasteiger partial charge in [-0.3, -0.25) is 10.6 Å². The van der Waals surface area contributed by atoms with Crippen molar-refractivity contribution in [3.8, 4) is 11.5 Å². The van der Waals surface area contributed by atoms with Crippen LogP contribution < -0.4 is 10.6 Å². The second-order valence-corrected chi connectivity index (χ2v) is 14.2. The highest BCUT2D eigenvalue weighted by Crippen LogP contribution is 2.49. The zero-order valence-electron chi connectivity index (χ0n) is 26.4. The molecule has 0 saturated heterocycles. The number of phenols is 2. The van der Waals surface area contributed by atoms with Crippen LogP contribution in [0.15, 0.2) is 0 Å². The van der Waals surface area contributed by atoms with Crippen LogP contribution in [-0.2, 0) is 9.47 Å². The standard InChI is InChI=1S/C32H40Cl8N2O6/c1-2-3-4-12-15-18(48-32(46)42-28-21(35)25(39)30(44)26(40)22(28)36)16-13-10-8-6-5-7-9-11-14-17-47-31(45)41-27-19(33)23(37)29(43)24(38)20(27)34/h18,43-44H,2-17H2,1H3,(H,41,45)(H,42,46). The lowest BCUT2D eigenvalue weighted by molar-refractivity contribution is 0.0960. The van der Waals surface area contributed by atoms with Crippen LogP contribution in [0.3, 0.4) is 0 Å². The number of hydrogen-bond donors (Lipinski definition) is 4. The van der Waals surface area contributed by atoms with Crippen molar-refractivity contribution in [2.24, 2.45) is 0 Å². The summed E-state index contributed by atoms with van der Waals surface area (Å²) in [7, 11) is 0. The molecule has 16 heteroatoms. The van der Waals surface area contributed by atoms with E-state index >= 15 is 0 Å². The number of unbranched alkanes of at least 4 members (excludes halogenated alkanes) is 11. The molecule has 2 aromatic carbocycles. The predicted molar refractivity (Wildman–Crippen MR) is 200 cm³/mol. The third kappa shape index (κ3) is 13.6. The summed E-state index contributed by atoms with van der Waals surface area (Å²) in [5, 5.41) is 23.2. The number of hydrogen-bond acceptors (Lipinski definition) is 6. The van der Waals surface area contributed by atoms with E-state index in [1.54, 1.807) is 0 Å². The molecule has 270 valence electrons. The Morgan fingerprint density at radius 2 is 0.896 bits per heavy atom. The Kier molecular flexibility index (Phi) is 20.3. The SMILES string of the molecule is CCCCCCC(CCCCCCCCCCCOC(=O)Nc1c(Cl)c(Cl)c(O)c(Cl)c1Cl)OC(=O)Nc1c(Cl)c(Cl)c(O)c(Cl)c1Cl. The lowest BCUT2D eigenvalue weighted by atomic mass is 10.0. The zero-order valence-corrected chi connectivity index (χ0v) is 32.5. The van der Waals surface area contributed by atoms with Crippen molar-refractivity contribution in [1.82, 2.24) is 0 Å². The molecule has 0 bridgehead atoms. The van der Waals surface area contributed by atoms with Gasteiger partial charge in [0.1, 0.15) is 26.2 Å². The number of anilines is 2. The summed E-state index contributed by atoms with van der Waals surface area (Å²) in [6.07, 6.45) is 12.9. The summed E-state index contributed by atoms with van der Waals surface area (Å²) in [6, 6.07) is 0. The van der Waals surface area contributed by atoms with Crippen LogP contribution in [0, 0.1) is 0 Å². The molecule has 4 N–H and O–H groups in total. The minimum atomic E-state index is -0.758. The van der Waals surface area contributed by atoms with Gasteiger partial charge in [-0.1, -0.05) is 164 Å². The van der Waals surface area contributed by atoms with Gasteiger partial charge in [-0.15, -0.1) is 0 Å². The summed E-state index contributed by atoms with van der Waals surface area (Å²) < 4.78 is 10.9. The lowest BCUT2D eigenvalue weighted by Crippen LogP contribution is -2.23. The van der Waals surface area contributed by atoms with E-state index in [9.17, 15) is 19.8 Å². The summed E-state index contributed by atoms with van der Waals surface area (Å²) >= 11 is 48.3. The van der Waals surface area contributed by atoms with E-state index < -0.39 is 23.7 Å².